The summed E-state index contributed by atoms with van der Waals surface area (Å²) in [4.78, 5) is 23.9. The van der Waals surface area contributed by atoms with E-state index in [4.69, 9.17) is 27.1 Å². The van der Waals surface area contributed by atoms with Gasteiger partial charge in [-0.25, -0.2) is 4.98 Å². The Morgan fingerprint density at radius 1 is 1.32 bits per heavy atom. The third-order valence-electron chi connectivity index (χ3n) is 4.94. The van der Waals surface area contributed by atoms with Crippen molar-refractivity contribution in [3.63, 3.8) is 0 Å². The third-order valence-corrected chi connectivity index (χ3v) is 6.44. The normalized spacial score (nSPS) is 15.9. The van der Waals surface area contributed by atoms with Crippen molar-refractivity contribution in [3.05, 3.63) is 50.5 Å². The Morgan fingerprint density at radius 3 is 2.79 bits per heavy atom. The molecule has 2 N–H and O–H groups in total. The molecule has 148 valence electrons. The van der Waals surface area contributed by atoms with E-state index in [0.717, 1.165) is 29.3 Å². The van der Waals surface area contributed by atoms with Crippen molar-refractivity contribution in [3.8, 4) is 0 Å². The van der Waals surface area contributed by atoms with Gasteiger partial charge in [-0.1, -0.05) is 35.1 Å². The highest BCUT2D eigenvalue weighted by molar-refractivity contribution is 7.22. The highest BCUT2D eigenvalue weighted by Crippen LogP contribution is 2.29. The number of anilines is 1. The monoisotopic (exact) mass is 419 g/mol. The number of benzene rings is 1. The lowest BCUT2D eigenvalue weighted by Crippen LogP contribution is -2.36. The number of aromatic nitrogens is 3. The Bertz CT molecular complexity index is 1070. The summed E-state index contributed by atoms with van der Waals surface area (Å²) in [7, 11) is 0. The molecule has 3 heterocycles. The number of hydrogen-bond acceptors (Lipinski definition) is 7. The average Bonchev–Trinajstić information content (AvgIpc) is 3.14. The largest absolute Gasteiger partial charge is 0.378 e. The predicted octanol–water partition coefficient (Wildman–Crippen LogP) is 2.72. The molecule has 1 aromatic carbocycles. The third kappa shape index (κ3) is 3.53. The molecular weight excluding hydrogens is 398 g/mol. The first-order valence-electron chi connectivity index (χ1n) is 9.19. The summed E-state index contributed by atoms with van der Waals surface area (Å²) in [5.41, 5.74) is 8.53. The molecular formula is C19H22ClN5O2S. The van der Waals surface area contributed by atoms with Gasteiger partial charge in [0, 0.05) is 18.1 Å². The van der Waals surface area contributed by atoms with E-state index in [2.05, 4.69) is 9.88 Å². The average molecular weight is 420 g/mol. The molecule has 0 aliphatic carbocycles. The standard InChI is InChI=1S/C19H22ClN5O2S/c1-11-13(4-3-5-14(11)20)10-25-16(12(2)21)22-18(26)15-17(25)23-19(28-15)24-6-8-27-9-7-24/h3-5,12H,6-10,21H2,1-2H3. The lowest BCUT2D eigenvalue weighted by Gasteiger charge is -2.25. The number of nitrogens with two attached hydrogens (primary N) is 1. The quantitative estimate of drug-likeness (QED) is 0.699. The SMILES string of the molecule is Cc1c(Cl)cccc1Cn1c(C(C)N)nc(=O)c2sc(N3CCOCC3)nc21. The van der Waals surface area contributed by atoms with Gasteiger partial charge in [-0.2, -0.15) is 4.98 Å². The van der Waals surface area contributed by atoms with Crippen LogP contribution in [0.25, 0.3) is 10.3 Å². The molecule has 4 rings (SSSR count). The molecule has 9 heteroatoms. The predicted molar refractivity (Wildman–Crippen MR) is 113 cm³/mol. The van der Waals surface area contributed by atoms with Crippen LogP contribution in [0.2, 0.25) is 5.02 Å². The molecule has 0 saturated carbocycles. The maximum absolute atomic E-state index is 12.7. The Hall–Kier alpha value is -2.00. The van der Waals surface area contributed by atoms with Crippen LogP contribution in [0, 0.1) is 6.92 Å². The van der Waals surface area contributed by atoms with E-state index < -0.39 is 6.04 Å². The molecule has 0 amide bonds. The topological polar surface area (TPSA) is 86.3 Å². The van der Waals surface area contributed by atoms with Gasteiger partial charge in [-0.3, -0.25) is 4.79 Å². The van der Waals surface area contributed by atoms with E-state index in [1.54, 1.807) is 0 Å². The summed E-state index contributed by atoms with van der Waals surface area (Å²) in [6.45, 7) is 7.14. The second-order valence-corrected chi connectivity index (χ2v) is 8.31. The number of fused-ring (bicyclic) bond motifs is 1. The van der Waals surface area contributed by atoms with Gasteiger partial charge in [0.1, 0.15) is 10.5 Å². The van der Waals surface area contributed by atoms with Crippen LogP contribution < -0.4 is 16.2 Å². The Kier molecular flexibility index (Phi) is 5.37. The smallest absolute Gasteiger partial charge is 0.292 e. The van der Waals surface area contributed by atoms with Crippen LogP contribution in [0.3, 0.4) is 0 Å². The summed E-state index contributed by atoms with van der Waals surface area (Å²) in [6.07, 6.45) is 0. The Balaban J connectivity index is 1.87. The van der Waals surface area contributed by atoms with E-state index in [-0.39, 0.29) is 5.56 Å². The van der Waals surface area contributed by atoms with Crippen LogP contribution in [0.4, 0.5) is 5.13 Å². The lowest BCUT2D eigenvalue weighted by atomic mass is 10.1. The highest BCUT2D eigenvalue weighted by atomic mass is 35.5. The molecule has 0 bridgehead atoms. The van der Waals surface area contributed by atoms with Crippen LogP contribution in [-0.2, 0) is 11.3 Å². The number of hydrogen-bond donors (Lipinski definition) is 1. The van der Waals surface area contributed by atoms with E-state index in [1.165, 1.54) is 11.3 Å². The summed E-state index contributed by atoms with van der Waals surface area (Å²) >= 11 is 7.68. The number of halogens is 1. The first kappa shape index (κ1) is 19.3. The Labute approximate surface area is 171 Å². The van der Waals surface area contributed by atoms with Crippen molar-refractivity contribution in [2.24, 2.45) is 5.73 Å². The van der Waals surface area contributed by atoms with Crippen molar-refractivity contribution in [1.29, 1.82) is 0 Å². The van der Waals surface area contributed by atoms with Gasteiger partial charge >= 0.3 is 0 Å². The van der Waals surface area contributed by atoms with Gasteiger partial charge < -0.3 is 19.9 Å². The summed E-state index contributed by atoms with van der Waals surface area (Å²) in [5.74, 6) is 0.524. The molecule has 2 aromatic heterocycles. The minimum atomic E-state index is -0.398. The Morgan fingerprint density at radius 2 is 2.07 bits per heavy atom. The summed E-state index contributed by atoms with van der Waals surface area (Å²) in [5, 5.41) is 1.52. The fraction of sp³-hybridized carbons (Fsp3) is 0.421. The molecule has 1 unspecified atom stereocenters. The maximum Gasteiger partial charge on any atom is 0.292 e. The highest BCUT2D eigenvalue weighted by Gasteiger charge is 2.22. The van der Waals surface area contributed by atoms with Crippen LogP contribution in [-0.4, -0.2) is 40.8 Å². The minimum absolute atomic E-state index is 0.279. The fourth-order valence-electron chi connectivity index (χ4n) is 3.33. The zero-order chi connectivity index (χ0) is 19.8. The summed E-state index contributed by atoms with van der Waals surface area (Å²) < 4.78 is 7.92. The zero-order valence-corrected chi connectivity index (χ0v) is 17.4. The number of ether oxygens (including phenoxy) is 1. The van der Waals surface area contributed by atoms with Gasteiger partial charge in [-0.05, 0) is 31.0 Å². The van der Waals surface area contributed by atoms with E-state index >= 15 is 0 Å². The minimum Gasteiger partial charge on any atom is -0.378 e. The molecule has 0 radical (unpaired) electrons. The second kappa shape index (κ2) is 7.79. The van der Waals surface area contributed by atoms with Gasteiger partial charge in [0.25, 0.3) is 5.56 Å². The first-order valence-corrected chi connectivity index (χ1v) is 10.4. The molecule has 28 heavy (non-hydrogen) atoms. The molecule has 1 aliphatic heterocycles. The molecule has 1 aliphatic rings. The van der Waals surface area contributed by atoms with Gasteiger partial charge in [0.2, 0.25) is 0 Å². The molecule has 1 atom stereocenters. The van der Waals surface area contributed by atoms with E-state index in [1.807, 2.05) is 36.6 Å². The zero-order valence-electron chi connectivity index (χ0n) is 15.8. The van der Waals surface area contributed by atoms with Crippen molar-refractivity contribution in [1.82, 2.24) is 14.5 Å². The number of rotatable bonds is 4. The molecule has 1 saturated heterocycles. The van der Waals surface area contributed by atoms with Crippen LogP contribution in [0.5, 0.6) is 0 Å². The number of morpholine rings is 1. The van der Waals surface area contributed by atoms with E-state index in [0.29, 0.717) is 41.0 Å². The molecule has 3 aromatic rings. The van der Waals surface area contributed by atoms with Crippen molar-refractivity contribution in [2.45, 2.75) is 26.4 Å². The maximum atomic E-state index is 12.7. The van der Waals surface area contributed by atoms with Crippen LogP contribution in [0.15, 0.2) is 23.0 Å². The second-order valence-electron chi connectivity index (χ2n) is 6.92. The number of nitrogens with zero attached hydrogens (tertiary/aromatic N) is 4. The lowest BCUT2D eigenvalue weighted by molar-refractivity contribution is 0.122. The van der Waals surface area contributed by atoms with Crippen molar-refractivity contribution >= 4 is 38.4 Å². The molecule has 7 nitrogen and oxygen atoms in total. The van der Waals surface area contributed by atoms with Gasteiger partial charge in [0.05, 0.1) is 25.8 Å². The van der Waals surface area contributed by atoms with E-state index in [9.17, 15) is 4.79 Å². The molecule has 0 spiro atoms. The first-order chi connectivity index (χ1) is 13.5. The van der Waals surface area contributed by atoms with Gasteiger partial charge in [0.15, 0.2) is 10.8 Å². The van der Waals surface area contributed by atoms with Crippen molar-refractivity contribution in [2.75, 3.05) is 31.2 Å². The van der Waals surface area contributed by atoms with Crippen LogP contribution in [0.1, 0.15) is 29.9 Å². The van der Waals surface area contributed by atoms with Crippen LogP contribution >= 0.6 is 22.9 Å². The summed E-state index contributed by atoms with van der Waals surface area (Å²) in [6, 6.07) is 5.41. The van der Waals surface area contributed by atoms with Gasteiger partial charge in [-0.15, -0.1) is 0 Å². The fourth-order valence-corrected chi connectivity index (χ4v) is 4.53. The van der Waals surface area contributed by atoms with Crippen molar-refractivity contribution < 1.29 is 4.74 Å². The molecule has 1 fully saturated rings. The number of thiazole rings is 1.